The Kier molecular flexibility index (Phi) is 2.53. The van der Waals surface area contributed by atoms with Crippen molar-refractivity contribution in [1.82, 2.24) is 14.9 Å². The zero-order chi connectivity index (χ0) is 11.9. The van der Waals surface area contributed by atoms with Gasteiger partial charge in [0, 0.05) is 24.2 Å². The second-order valence-electron chi connectivity index (χ2n) is 4.27. The molecule has 1 aliphatic rings. The van der Waals surface area contributed by atoms with Gasteiger partial charge in [-0.1, -0.05) is 13.8 Å². The van der Waals surface area contributed by atoms with E-state index in [1.54, 1.807) is 33.2 Å². The van der Waals surface area contributed by atoms with Crippen LogP contribution in [-0.4, -0.2) is 26.7 Å². The van der Waals surface area contributed by atoms with Crippen molar-refractivity contribution >= 4 is 11.8 Å². The lowest BCUT2D eigenvalue weighted by Gasteiger charge is -2.21. The highest BCUT2D eigenvalue weighted by Gasteiger charge is 2.45. The molecule has 3 unspecified atom stereocenters. The molecule has 2 heterocycles. The molecule has 3 atom stereocenters. The summed E-state index contributed by atoms with van der Waals surface area (Å²) >= 11 is 0. The summed E-state index contributed by atoms with van der Waals surface area (Å²) in [5.74, 6) is -0.0411. The Labute approximate surface area is 93.9 Å². The molecule has 0 spiro atoms. The van der Waals surface area contributed by atoms with E-state index in [4.69, 9.17) is 0 Å². The van der Waals surface area contributed by atoms with E-state index in [1.807, 2.05) is 0 Å². The molecule has 86 valence electrons. The number of aromatic nitrogens is 2. The molecule has 0 radical (unpaired) electrons. The maximum Gasteiger partial charge on any atom is 0.233 e. The number of rotatable bonds is 2. The minimum absolute atomic E-state index is 0.110. The number of hydrogen-bond acceptors (Lipinski definition) is 3. The topological polar surface area (TPSA) is 66.1 Å². The Hall–Kier alpha value is -1.65. The van der Waals surface area contributed by atoms with E-state index in [0.29, 0.717) is 5.82 Å². The summed E-state index contributed by atoms with van der Waals surface area (Å²) in [6.07, 6.45) is 3.30. The van der Waals surface area contributed by atoms with Gasteiger partial charge in [-0.05, 0) is 6.92 Å². The summed E-state index contributed by atoms with van der Waals surface area (Å²) in [6, 6.07) is -0.317. The van der Waals surface area contributed by atoms with Gasteiger partial charge < -0.3 is 4.98 Å². The lowest BCUT2D eigenvalue weighted by molar-refractivity contribution is -0.142. The number of likely N-dealkylation sites (tertiary alicyclic amines) is 1. The summed E-state index contributed by atoms with van der Waals surface area (Å²) in [5.41, 5.74) is 0. The van der Waals surface area contributed by atoms with Crippen molar-refractivity contribution < 1.29 is 9.59 Å². The first-order valence-corrected chi connectivity index (χ1v) is 5.40. The largest absolute Gasteiger partial charge is 0.347 e. The normalized spacial score (nSPS) is 27.6. The molecule has 1 saturated heterocycles. The number of nitrogens with zero attached hydrogens (tertiary/aromatic N) is 2. The Bertz CT molecular complexity index is 393. The number of imide groups is 1. The highest BCUT2D eigenvalue weighted by molar-refractivity contribution is 6.05. The van der Waals surface area contributed by atoms with Crippen LogP contribution in [0.1, 0.15) is 32.6 Å². The van der Waals surface area contributed by atoms with Crippen LogP contribution in [0.2, 0.25) is 0 Å². The first-order chi connectivity index (χ1) is 7.54. The first-order valence-electron chi connectivity index (χ1n) is 5.40. The lowest BCUT2D eigenvalue weighted by atomic mass is 10.00. The fourth-order valence-electron chi connectivity index (χ4n) is 1.99. The third-order valence-electron chi connectivity index (χ3n) is 3.31. The monoisotopic (exact) mass is 221 g/mol. The molecular weight excluding hydrogens is 206 g/mol. The van der Waals surface area contributed by atoms with Crippen LogP contribution in [0.15, 0.2) is 12.4 Å². The van der Waals surface area contributed by atoms with Crippen molar-refractivity contribution in [3.8, 4) is 0 Å². The van der Waals surface area contributed by atoms with E-state index in [-0.39, 0.29) is 29.7 Å². The number of carbonyl (C=O) groups is 2. The molecule has 16 heavy (non-hydrogen) atoms. The van der Waals surface area contributed by atoms with Gasteiger partial charge in [0.1, 0.15) is 5.82 Å². The van der Waals surface area contributed by atoms with Crippen LogP contribution in [0.5, 0.6) is 0 Å². The van der Waals surface area contributed by atoms with Gasteiger partial charge in [0.05, 0.1) is 6.04 Å². The first kappa shape index (κ1) is 10.9. The molecule has 1 fully saturated rings. The van der Waals surface area contributed by atoms with E-state index in [1.165, 1.54) is 4.90 Å². The number of aromatic amines is 1. The van der Waals surface area contributed by atoms with Gasteiger partial charge in [-0.15, -0.1) is 0 Å². The molecule has 1 aromatic rings. The van der Waals surface area contributed by atoms with E-state index >= 15 is 0 Å². The number of nitrogens with one attached hydrogen (secondary N) is 1. The minimum atomic E-state index is -0.317. The number of H-pyrrole nitrogens is 1. The third kappa shape index (κ3) is 1.43. The maximum absolute atomic E-state index is 11.9. The highest BCUT2D eigenvalue weighted by atomic mass is 16.2. The maximum atomic E-state index is 11.9. The zero-order valence-electron chi connectivity index (χ0n) is 9.60. The molecule has 1 N–H and O–H groups in total. The van der Waals surface area contributed by atoms with Gasteiger partial charge in [-0.3, -0.25) is 14.5 Å². The second kappa shape index (κ2) is 3.73. The predicted octanol–water partition coefficient (Wildman–Crippen LogP) is 1.11. The molecule has 5 heteroatoms. The molecule has 5 nitrogen and oxygen atoms in total. The molecule has 0 aliphatic carbocycles. The zero-order valence-corrected chi connectivity index (χ0v) is 9.60. The van der Waals surface area contributed by atoms with E-state index in [9.17, 15) is 9.59 Å². The molecule has 0 saturated carbocycles. The molecule has 2 rings (SSSR count). The molecule has 2 amide bonds. The Morgan fingerprint density at radius 1 is 1.31 bits per heavy atom. The van der Waals surface area contributed by atoms with Gasteiger partial charge in [0.15, 0.2) is 0 Å². The molecule has 0 bridgehead atoms. The van der Waals surface area contributed by atoms with E-state index in [2.05, 4.69) is 9.97 Å². The molecule has 1 aromatic heterocycles. The number of hydrogen-bond donors (Lipinski definition) is 1. The summed E-state index contributed by atoms with van der Waals surface area (Å²) in [7, 11) is 0. The summed E-state index contributed by atoms with van der Waals surface area (Å²) in [4.78, 5) is 32.2. The minimum Gasteiger partial charge on any atom is -0.347 e. The third-order valence-corrected chi connectivity index (χ3v) is 3.31. The van der Waals surface area contributed by atoms with Crippen LogP contribution in [0.3, 0.4) is 0 Å². The Morgan fingerprint density at radius 3 is 2.31 bits per heavy atom. The van der Waals surface area contributed by atoms with Crippen molar-refractivity contribution in [3.63, 3.8) is 0 Å². The van der Waals surface area contributed by atoms with Crippen LogP contribution in [-0.2, 0) is 9.59 Å². The quantitative estimate of drug-likeness (QED) is 0.761. The summed E-state index contributed by atoms with van der Waals surface area (Å²) in [6.45, 7) is 5.39. The Morgan fingerprint density at radius 2 is 1.88 bits per heavy atom. The molecule has 0 aromatic carbocycles. The Balaban J connectivity index is 2.28. The highest BCUT2D eigenvalue weighted by Crippen LogP contribution is 2.31. The van der Waals surface area contributed by atoms with Crippen molar-refractivity contribution in [2.24, 2.45) is 11.8 Å². The summed E-state index contributed by atoms with van der Waals surface area (Å²) in [5, 5.41) is 0. The van der Waals surface area contributed by atoms with E-state index in [0.717, 1.165) is 0 Å². The van der Waals surface area contributed by atoms with Gasteiger partial charge in [0.25, 0.3) is 0 Å². The standard InChI is InChI=1S/C11H15N3O2/c1-6-7(2)11(16)14(10(6)15)8(3)9-12-4-5-13-9/h4-8H,1-3H3,(H,12,13). The second-order valence-corrected chi connectivity index (χ2v) is 4.27. The van der Waals surface area contributed by atoms with Gasteiger partial charge >= 0.3 is 0 Å². The summed E-state index contributed by atoms with van der Waals surface area (Å²) < 4.78 is 0. The van der Waals surface area contributed by atoms with Gasteiger partial charge in [-0.25, -0.2) is 4.98 Å². The fraction of sp³-hybridized carbons (Fsp3) is 0.545. The van der Waals surface area contributed by atoms with Crippen LogP contribution < -0.4 is 0 Å². The average Bonchev–Trinajstić information content (AvgIpc) is 2.84. The molecule has 1 aliphatic heterocycles. The van der Waals surface area contributed by atoms with Crippen LogP contribution in [0, 0.1) is 11.8 Å². The number of carbonyl (C=O) groups excluding carboxylic acids is 2. The average molecular weight is 221 g/mol. The fourth-order valence-corrected chi connectivity index (χ4v) is 1.99. The lowest BCUT2D eigenvalue weighted by Crippen LogP contribution is -2.34. The van der Waals surface area contributed by atoms with Crippen LogP contribution in [0.4, 0.5) is 0 Å². The SMILES string of the molecule is CC1C(=O)N(C(C)c2ncc[nH]2)C(=O)C1C. The molecular formula is C11H15N3O2. The van der Waals surface area contributed by atoms with Crippen molar-refractivity contribution in [1.29, 1.82) is 0 Å². The van der Waals surface area contributed by atoms with E-state index < -0.39 is 0 Å². The van der Waals surface area contributed by atoms with Gasteiger partial charge in [-0.2, -0.15) is 0 Å². The van der Waals surface area contributed by atoms with Crippen molar-refractivity contribution in [2.45, 2.75) is 26.8 Å². The predicted molar refractivity (Wildman–Crippen MR) is 57.2 cm³/mol. The van der Waals surface area contributed by atoms with Crippen LogP contribution in [0.25, 0.3) is 0 Å². The van der Waals surface area contributed by atoms with Crippen molar-refractivity contribution in [3.05, 3.63) is 18.2 Å². The van der Waals surface area contributed by atoms with Crippen LogP contribution >= 0.6 is 0 Å². The number of imidazole rings is 1. The smallest absolute Gasteiger partial charge is 0.233 e. The number of amides is 2. The van der Waals surface area contributed by atoms with Gasteiger partial charge in [0.2, 0.25) is 11.8 Å². The van der Waals surface area contributed by atoms with Crippen molar-refractivity contribution in [2.75, 3.05) is 0 Å².